The fourth-order valence-electron chi connectivity index (χ4n) is 2.28. The maximum absolute atomic E-state index is 9.85. The fraction of sp³-hybridized carbons (Fsp3) is 0.636. The maximum atomic E-state index is 9.85. The summed E-state index contributed by atoms with van der Waals surface area (Å²) in [4.78, 5) is 12.4. The van der Waals surface area contributed by atoms with E-state index < -0.39 is 0 Å². The number of aromatic nitrogens is 2. The second-order valence-electron chi connectivity index (χ2n) is 4.77. The molecule has 2 rings (SSSR count). The van der Waals surface area contributed by atoms with Gasteiger partial charge in [-0.15, -0.1) is 0 Å². The zero-order valence-corrected chi connectivity index (χ0v) is 12.7. The number of anilines is 1. The molecule has 2 atom stereocenters. The summed E-state index contributed by atoms with van der Waals surface area (Å²) in [5, 5.41) is 10.1. The minimum Gasteiger partial charge on any atom is -0.391 e. The summed E-state index contributed by atoms with van der Waals surface area (Å²) in [6, 6.07) is 0.234. The lowest BCUT2D eigenvalue weighted by Crippen LogP contribution is -2.38. The third-order valence-corrected chi connectivity index (χ3v) is 3.68. The summed E-state index contributed by atoms with van der Waals surface area (Å²) in [7, 11) is 4.04. The molecule has 1 aliphatic heterocycles. The molecule has 1 saturated heterocycles. The molecule has 18 heavy (non-hydrogen) atoms. The van der Waals surface area contributed by atoms with Crippen LogP contribution in [-0.4, -0.2) is 59.3 Å². The largest absolute Gasteiger partial charge is 0.391 e. The van der Waals surface area contributed by atoms with Crippen LogP contribution in [0.15, 0.2) is 10.7 Å². The van der Waals surface area contributed by atoms with Crippen LogP contribution in [0.1, 0.15) is 6.42 Å². The Labute approximate surface area is 120 Å². The van der Waals surface area contributed by atoms with Gasteiger partial charge in [-0.1, -0.05) is 0 Å². The van der Waals surface area contributed by atoms with Crippen LogP contribution in [0.3, 0.4) is 0 Å². The third kappa shape index (κ3) is 3.12. The van der Waals surface area contributed by atoms with Gasteiger partial charge in [-0.2, -0.15) is 4.98 Å². The SMILES string of the molecule is CN(C)CC1CC(O)CN1c1nc(Cl)ncc1Br. The van der Waals surface area contributed by atoms with Crippen molar-refractivity contribution < 1.29 is 5.11 Å². The topological polar surface area (TPSA) is 52.5 Å². The number of hydrogen-bond acceptors (Lipinski definition) is 5. The van der Waals surface area contributed by atoms with Gasteiger partial charge < -0.3 is 14.9 Å². The highest BCUT2D eigenvalue weighted by Crippen LogP contribution is 2.31. The van der Waals surface area contributed by atoms with Crippen LogP contribution in [-0.2, 0) is 0 Å². The Morgan fingerprint density at radius 2 is 2.33 bits per heavy atom. The quantitative estimate of drug-likeness (QED) is 0.846. The first-order valence-electron chi connectivity index (χ1n) is 5.75. The zero-order valence-electron chi connectivity index (χ0n) is 10.3. The first kappa shape index (κ1) is 14.0. The summed E-state index contributed by atoms with van der Waals surface area (Å²) in [5.74, 6) is 0.749. The number of likely N-dealkylation sites (N-methyl/N-ethyl adjacent to an activating group) is 1. The predicted octanol–water partition coefficient (Wildman–Crippen LogP) is 1.39. The van der Waals surface area contributed by atoms with Crippen molar-refractivity contribution in [1.82, 2.24) is 14.9 Å². The van der Waals surface area contributed by atoms with E-state index in [1.165, 1.54) is 0 Å². The Kier molecular flexibility index (Phi) is 4.42. The van der Waals surface area contributed by atoms with Gasteiger partial charge in [-0.25, -0.2) is 4.98 Å². The first-order chi connectivity index (χ1) is 8.47. The van der Waals surface area contributed by atoms with E-state index in [0.29, 0.717) is 6.54 Å². The van der Waals surface area contributed by atoms with Crippen LogP contribution in [0.2, 0.25) is 5.28 Å². The van der Waals surface area contributed by atoms with E-state index in [-0.39, 0.29) is 17.4 Å². The number of rotatable bonds is 3. The molecule has 0 amide bonds. The summed E-state index contributed by atoms with van der Waals surface area (Å²) in [6.45, 7) is 1.44. The molecule has 5 nitrogen and oxygen atoms in total. The van der Waals surface area contributed by atoms with Gasteiger partial charge in [0.25, 0.3) is 0 Å². The van der Waals surface area contributed by atoms with Crippen molar-refractivity contribution in [3.63, 3.8) is 0 Å². The van der Waals surface area contributed by atoms with Gasteiger partial charge in [0.1, 0.15) is 5.82 Å². The van der Waals surface area contributed by atoms with E-state index in [2.05, 4.69) is 35.7 Å². The van der Waals surface area contributed by atoms with E-state index >= 15 is 0 Å². The van der Waals surface area contributed by atoms with Crippen LogP contribution in [0, 0.1) is 0 Å². The van der Waals surface area contributed by atoms with Gasteiger partial charge >= 0.3 is 0 Å². The molecule has 0 aromatic carbocycles. The lowest BCUT2D eigenvalue weighted by molar-refractivity contribution is 0.191. The summed E-state index contributed by atoms with van der Waals surface area (Å²) >= 11 is 9.28. The Morgan fingerprint density at radius 1 is 1.61 bits per heavy atom. The van der Waals surface area contributed by atoms with E-state index in [1.54, 1.807) is 6.20 Å². The smallest absolute Gasteiger partial charge is 0.224 e. The Bertz CT molecular complexity index is 432. The Morgan fingerprint density at radius 3 is 3.00 bits per heavy atom. The minimum absolute atomic E-state index is 0.221. The van der Waals surface area contributed by atoms with Crippen LogP contribution >= 0.6 is 27.5 Å². The molecule has 0 radical (unpaired) electrons. The molecule has 1 N–H and O–H groups in total. The van der Waals surface area contributed by atoms with Crippen molar-refractivity contribution in [1.29, 1.82) is 0 Å². The standard InChI is InChI=1S/C11H16BrClN4O/c1-16(2)5-7-3-8(18)6-17(7)10-9(12)4-14-11(13)15-10/h4,7-8,18H,3,5-6H2,1-2H3. The van der Waals surface area contributed by atoms with Gasteiger partial charge in [0.2, 0.25) is 5.28 Å². The first-order valence-corrected chi connectivity index (χ1v) is 6.92. The van der Waals surface area contributed by atoms with Gasteiger partial charge in [0.15, 0.2) is 0 Å². The molecule has 1 aromatic rings. The highest BCUT2D eigenvalue weighted by atomic mass is 79.9. The van der Waals surface area contributed by atoms with Crippen molar-refractivity contribution >= 4 is 33.3 Å². The van der Waals surface area contributed by atoms with Crippen molar-refractivity contribution in [2.45, 2.75) is 18.6 Å². The number of β-amino-alcohol motifs (C(OH)–C–C–N with tert-alkyl or cyclic N) is 1. The van der Waals surface area contributed by atoms with Crippen LogP contribution in [0.25, 0.3) is 0 Å². The van der Waals surface area contributed by atoms with Crippen molar-refractivity contribution in [2.24, 2.45) is 0 Å². The summed E-state index contributed by atoms with van der Waals surface area (Å²) < 4.78 is 0.796. The molecule has 1 aromatic heterocycles. The number of aliphatic hydroxyl groups is 1. The second-order valence-corrected chi connectivity index (χ2v) is 5.96. The molecule has 1 fully saturated rings. The Balaban J connectivity index is 2.26. The van der Waals surface area contributed by atoms with Crippen LogP contribution < -0.4 is 4.90 Å². The summed E-state index contributed by atoms with van der Waals surface area (Å²) in [5.41, 5.74) is 0. The van der Waals surface area contributed by atoms with Gasteiger partial charge in [-0.3, -0.25) is 0 Å². The number of nitrogens with zero attached hydrogens (tertiary/aromatic N) is 4. The molecule has 2 unspecified atom stereocenters. The predicted molar refractivity (Wildman–Crippen MR) is 75.1 cm³/mol. The molecule has 0 spiro atoms. The summed E-state index contributed by atoms with van der Waals surface area (Å²) in [6.07, 6.45) is 2.06. The lowest BCUT2D eigenvalue weighted by atomic mass is 10.2. The normalized spacial score (nSPS) is 24.0. The second kappa shape index (κ2) is 5.69. The fourth-order valence-corrected chi connectivity index (χ4v) is 2.83. The van der Waals surface area contributed by atoms with Crippen molar-refractivity contribution in [3.8, 4) is 0 Å². The Hall–Kier alpha value is -0.430. The van der Waals surface area contributed by atoms with Crippen LogP contribution in [0.4, 0.5) is 5.82 Å². The van der Waals surface area contributed by atoms with Crippen LogP contribution in [0.5, 0.6) is 0 Å². The molecule has 100 valence electrons. The lowest BCUT2D eigenvalue weighted by Gasteiger charge is -2.28. The third-order valence-electron chi connectivity index (χ3n) is 2.94. The molecular weight excluding hydrogens is 320 g/mol. The molecule has 0 aliphatic carbocycles. The number of aliphatic hydroxyl groups excluding tert-OH is 1. The molecule has 0 bridgehead atoms. The minimum atomic E-state index is -0.324. The van der Waals surface area contributed by atoms with E-state index in [0.717, 1.165) is 23.3 Å². The molecule has 7 heteroatoms. The highest BCUT2D eigenvalue weighted by Gasteiger charge is 2.33. The number of hydrogen-bond donors (Lipinski definition) is 1. The molecule has 2 heterocycles. The molecule has 0 saturated carbocycles. The van der Waals surface area contributed by atoms with E-state index in [1.807, 2.05) is 14.1 Å². The van der Waals surface area contributed by atoms with Gasteiger partial charge in [0, 0.05) is 25.3 Å². The monoisotopic (exact) mass is 334 g/mol. The average molecular weight is 336 g/mol. The van der Waals surface area contributed by atoms with Crippen molar-refractivity contribution in [3.05, 3.63) is 16.0 Å². The number of halogens is 2. The average Bonchev–Trinajstić information content (AvgIpc) is 2.62. The highest BCUT2D eigenvalue weighted by molar-refractivity contribution is 9.10. The van der Waals surface area contributed by atoms with E-state index in [4.69, 9.17) is 11.6 Å². The molecule has 1 aliphatic rings. The van der Waals surface area contributed by atoms with Crippen molar-refractivity contribution in [2.75, 3.05) is 32.1 Å². The maximum Gasteiger partial charge on any atom is 0.224 e. The van der Waals surface area contributed by atoms with Gasteiger partial charge in [0.05, 0.1) is 10.6 Å². The van der Waals surface area contributed by atoms with E-state index in [9.17, 15) is 5.11 Å². The molecular formula is C11H16BrClN4O. The zero-order chi connectivity index (χ0) is 13.3. The van der Waals surface area contributed by atoms with Gasteiger partial charge in [-0.05, 0) is 48.0 Å².